The number of rotatable bonds is 4. The Morgan fingerprint density at radius 1 is 1.15 bits per heavy atom. The van der Waals surface area contributed by atoms with E-state index in [1.807, 2.05) is 22.8 Å². The van der Waals surface area contributed by atoms with Gasteiger partial charge in [0.25, 0.3) is 11.6 Å². The van der Waals surface area contributed by atoms with Crippen molar-refractivity contribution < 1.29 is 9.47 Å². The quantitative estimate of drug-likeness (QED) is 0.725. The summed E-state index contributed by atoms with van der Waals surface area (Å²) in [4.78, 5) is 15.2. The van der Waals surface area contributed by atoms with Crippen LogP contribution in [0.5, 0.6) is 11.8 Å². The highest BCUT2D eigenvalue weighted by atomic mass is 16.6. The first kappa shape index (κ1) is 16.4. The minimum Gasteiger partial charge on any atom is -0.490 e. The Labute approximate surface area is 151 Å². The summed E-state index contributed by atoms with van der Waals surface area (Å²) in [6.45, 7) is 5.23. The maximum absolute atomic E-state index is 11.3. The van der Waals surface area contributed by atoms with Crippen LogP contribution in [0.25, 0.3) is 11.1 Å². The number of aryl methyl sites for hydroxylation is 2. The van der Waals surface area contributed by atoms with E-state index in [0.717, 1.165) is 5.75 Å². The van der Waals surface area contributed by atoms with E-state index in [1.54, 1.807) is 6.20 Å². The summed E-state index contributed by atoms with van der Waals surface area (Å²) >= 11 is 0. The summed E-state index contributed by atoms with van der Waals surface area (Å²) in [5, 5.41) is 0. The van der Waals surface area contributed by atoms with Crippen molar-refractivity contribution in [1.82, 2.24) is 9.55 Å². The van der Waals surface area contributed by atoms with Gasteiger partial charge in [0.1, 0.15) is 12.4 Å². The molecule has 1 aliphatic heterocycles. The van der Waals surface area contributed by atoms with E-state index in [-0.39, 0.29) is 11.7 Å². The zero-order chi connectivity index (χ0) is 18.1. The van der Waals surface area contributed by atoms with Gasteiger partial charge in [-0.2, -0.15) is 4.98 Å². The molecule has 26 heavy (non-hydrogen) atoms. The van der Waals surface area contributed by atoms with E-state index >= 15 is 0 Å². The van der Waals surface area contributed by atoms with Gasteiger partial charge < -0.3 is 9.47 Å². The van der Waals surface area contributed by atoms with E-state index in [4.69, 9.17) is 9.47 Å². The maximum atomic E-state index is 11.3. The molecular formula is C21H20N2O3. The van der Waals surface area contributed by atoms with E-state index in [1.165, 1.54) is 28.3 Å². The third kappa shape index (κ3) is 3.20. The zero-order valence-corrected chi connectivity index (χ0v) is 14.8. The molecule has 0 spiro atoms. The predicted octanol–water partition coefficient (Wildman–Crippen LogP) is 3.37. The van der Waals surface area contributed by atoms with Crippen LogP contribution >= 0.6 is 0 Å². The lowest BCUT2D eigenvalue weighted by molar-refractivity contribution is 0.143. The van der Waals surface area contributed by atoms with Gasteiger partial charge in [-0.1, -0.05) is 30.3 Å². The molecule has 0 fully saturated rings. The van der Waals surface area contributed by atoms with Gasteiger partial charge in [0.2, 0.25) is 0 Å². The first-order valence-electron chi connectivity index (χ1n) is 8.64. The Morgan fingerprint density at radius 3 is 2.62 bits per heavy atom. The summed E-state index contributed by atoms with van der Waals surface area (Å²) in [5.74, 6) is 0.821. The topological polar surface area (TPSA) is 53.4 Å². The Balaban J connectivity index is 1.48. The van der Waals surface area contributed by atoms with Crippen molar-refractivity contribution in [3.8, 4) is 22.9 Å². The summed E-state index contributed by atoms with van der Waals surface area (Å²) in [6.07, 6.45) is 1.55. The molecule has 0 saturated carbocycles. The standard InChI is InChI=1S/C21H20N2O3/c1-14-10-17(11-15(2)20(14)16-6-4-3-5-7-16)25-13-18-12-23-9-8-19(24)22-21(23)26-18/h3-11,18H,12-13H2,1-2H3/t18-/m0/s1. The van der Waals surface area contributed by atoms with Crippen molar-refractivity contribution in [3.63, 3.8) is 0 Å². The molecule has 0 aliphatic carbocycles. The van der Waals surface area contributed by atoms with E-state index in [0.29, 0.717) is 19.2 Å². The van der Waals surface area contributed by atoms with Crippen molar-refractivity contribution in [2.45, 2.75) is 26.5 Å². The molecule has 1 atom stereocenters. The van der Waals surface area contributed by atoms with Crippen LogP contribution in [-0.4, -0.2) is 22.3 Å². The molecule has 2 heterocycles. The predicted molar refractivity (Wildman–Crippen MR) is 99.8 cm³/mol. The maximum Gasteiger partial charge on any atom is 0.300 e. The summed E-state index contributed by atoms with van der Waals surface area (Å²) < 4.78 is 13.5. The molecule has 1 aliphatic rings. The number of ether oxygens (including phenoxy) is 2. The fourth-order valence-electron chi connectivity index (χ4n) is 3.40. The van der Waals surface area contributed by atoms with Crippen LogP contribution in [0.1, 0.15) is 11.1 Å². The van der Waals surface area contributed by atoms with Crippen molar-refractivity contribution in [3.05, 3.63) is 76.2 Å². The lowest BCUT2D eigenvalue weighted by Crippen LogP contribution is -2.23. The molecular weight excluding hydrogens is 328 g/mol. The van der Waals surface area contributed by atoms with Gasteiger partial charge in [0.15, 0.2) is 6.10 Å². The highest BCUT2D eigenvalue weighted by molar-refractivity contribution is 5.71. The van der Waals surface area contributed by atoms with E-state index in [2.05, 4.69) is 43.1 Å². The van der Waals surface area contributed by atoms with Gasteiger partial charge in [0.05, 0.1) is 6.54 Å². The molecule has 5 nitrogen and oxygen atoms in total. The zero-order valence-electron chi connectivity index (χ0n) is 14.8. The number of fused-ring (bicyclic) bond motifs is 1. The SMILES string of the molecule is Cc1cc(OC[C@@H]2Cn3ccc(=O)nc3O2)cc(C)c1-c1ccccc1. The highest BCUT2D eigenvalue weighted by Gasteiger charge is 2.23. The smallest absolute Gasteiger partial charge is 0.300 e. The van der Waals surface area contributed by atoms with Crippen LogP contribution in [0.15, 0.2) is 59.5 Å². The average Bonchev–Trinajstić information content (AvgIpc) is 3.02. The Bertz CT molecular complexity index is 973. The van der Waals surface area contributed by atoms with Crippen LogP contribution in [-0.2, 0) is 6.54 Å². The Hall–Kier alpha value is -3.08. The first-order chi connectivity index (χ1) is 12.6. The van der Waals surface area contributed by atoms with Gasteiger partial charge in [-0.3, -0.25) is 9.36 Å². The van der Waals surface area contributed by atoms with Crippen molar-refractivity contribution >= 4 is 0 Å². The third-order valence-electron chi connectivity index (χ3n) is 4.53. The molecule has 0 saturated heterocycles. The molecule has 0 bridgehead atoms. The highest BCUT2D eigenvalue weighted by Crippen LogP contribution is 2.31. The summed E-state index contributed by atoms with van der Waals surface area (Å²) in [7, 11) is 0. The van der Waals surface area contributed by atoms with E-state index < -0.39 is 0 Å². The van der Waals surface area contributed by atoms with Crippen molar-refractivity contribution in [2.75, 3.05) is 6.61 Å². The first-order valence-corrected chi connectivity index (χ1v) is 8.64. The Kier molecular flexibility index (Phi) is 4.21. The van der Waals surface area contributed by atoms with E-state index in [9.17, 15) is 4.79 Å². The van der Waals surface area contributed by atoms with Gasteiger partial charge in [-0.15, -0.1) is 0 Å². The molecule has 0 unspecified atom stereocenters. The minimum absolute atomic E-state index is 0.154. The molecule has 1 aromatic heterocycles. The number of hydrogen-bond donors (Lipinski definition) is 0. The van der Waals surface area contributed by atoms with Crippen LogP contribution in [0.3, 0.4) is 0 Å². The third-order valence-corrected chi connectivity index (χ3v) is 4.53. The van der Waals surface area contributed by atoms with Gasteiger partial charge in [-0.25, -0.2) is 0 Å². The van der Waals surface area contributed by atoms with Crippen LogP contribution < -0.4 is 15.0 Å². The van der Waals surface area contributed by atoms with Gasteiger partial charge >= 0.3 is 0 Å². The molecule has 0 amide bonds. The molecule has 0 radical (unpaired) electrons. The number of nitrogens with zero attached hydrogens (tertiary/aromatic N) is 2. The van der Waals surface area contributed by atoms with Crippen molar-refractivity contribution in [1.29, 1.82) is 0 Å². The normalized spacial score (nSPS) is 15.4. The van der Waals surface area contributed by atoms with Crippen LogP contribution in [0.4, 0.5) is 0 Å². The molecule has 0 N–H and O–H groups in total. The fourth-order valence-corrected chi connectivity index (χ4v) is 3.40. The second-order valence-electron chi connectivity index (χ2n) is 6.55. The second-order valence-corrected chi connectivity index (χ2v) is 6.55. The summed E-state index contributed by atoms with van der Waals surface area (Å²) in [6, 6.07) is 16.3. The monoisotopic (exact) mass is 348 g/mol. The number of benzene rings is 2. The van der Waals surface area contributed by atoms with Gasteiger partial charge in [-0.05, 0) is 48.2 Å². The number of aromatic nitrogens is 2. The average molecular weight is 348 g/mol. The second kappa shape index (κ2) is 6.67. The minimum atomic E-state index is -0.291. The Morgan fingerprint density at radius 2 is 1.88 bits per heavy atom. The molecule has 4 rings (SSSR count). The fraction of sp³-hybridized carbons (Fsp3) is 0.238. The lowest BCUT2D eigenvalue weighted by atomic mass is 9.95. The molecule has 2 aromatic carbocycles. The molecule has 3 aromatic rings. The lowest BCUT2D eigenvalue weighted by Gasteiger charge is -2.15. The van der Waals surface area contributed by atoms with Gasteiger partial charge in [0, 0.05) is 12.3 Å². The van der Waals surface area contributed by atoms with Crippen LogP contribution in [0, 0.1) is 13.8 Å². The molecule has 5 heteroatoms. The number of hydrogen-bond acceptors (Lipinski definition) is 4. The molecule has 132 valence electrons. The van der Waals surface area contributed by atoms with Crippen molar-refractivity contribution in [2.24, 2.45) is 0 Å². The van der Waals surface area contributed by atoms with Crippen LogP contribution in [0.2, 0.25) is 0 Å². The largest absolute Gasteiger partial charge is 0.490 e. The summed E-state index contributed by atoms with van der Waals surface area (Å²) in [5.41, 5.74) is 4.51.